The lowest BCUT2D eigenvalue weighted by Gasteiger charge is -2.27. The highest BCUT2D eigenvalue weighted by molar-refractivity contribution is 5.35. The zero-order valence-electron chi connectivity index (χ0n) is 13.1. The van der Waals surface area contributed by atoms with Crippen LogP contribution in [0, 0.1) is 0 Å². The third kappa shape index (κ3) is 4.46. The summed E-state index contributed by atoms with van der Waals surface area (Å²) in [4.78, 5) is 9.50. The summed E-state index contributed by atoms with van der Waals surface area (Å²) in [6, 6.07) is 4.91. The number of aromatic nitrogens is 1. The number of likely N-dealkylation sites (N-methyl/N-ethyl adjacent to an activating group) is 1. The van der Waals surface area contributed by atoms with Crippen LogP contribution >= 0.6 is 0 Å². The molecule has 0 amide bonds. The number of hydrogen-bond donors (Lipinski definition) is 1. The van der Waals surface area contributed by atoms with Crippen molar-refractivity contribution in [3.8, 4) is 0 Å². The van der Waals surface area contributed by atoms with E-state index in [0.29, 0.717) is 6.04 Å². The molecule has 0 bridgehead atoms. The minimum absolute atomic E-state index is 0.611. The van der Waals surface area contributed by atoms with Crippen LogP contribution in [0.3, 0.4) is 0 Å². The monoisotopic (exact) mass is 276 g/mol. The molecule has 0 aliphatic carbocycles. The van der Waals surface area contributed by atoms with Gasteiger partial charge in [-0.2, -0.15) is 0 Å². The average molecular weight is 276 g/mol. The normalized spacial score (nSPS) is 21.6. The number of rotatable bonds is 5. The zero-order valence-corrected chi connectivity index (χ0v) is 13.1. The van der Waals surface area contributed by atoms with Gasteiger partial charge in [-0.25, -0.2) is 4.98 Å². The molecule has 0 spiro atoms. The van der Waals surface area contributed by atoms with E-state index in [1.54, 1.807) is 0 Å². The van der Waals surface area contributed by atoms with Crippen molar-refractivity contribution in [2.45, 2.75) is 39.3 Å². The molecule has 4 heteroatoms. The standard InChI is InChI=1S/C16H28N4/c1-4-8-17-16-7-6-15(11-18-16)13-20-10-5-9-19(3)12-14(20)2/h6-7,11,14H,4-5,8-10,12-13H2,1-3H3,(H,17,18). The highest BCUT2D eigenvalue weighted by Gasteiger charge is 2.19. The highest BCUT2D eigenvalue weighted by atomic mass is 15.2. The van der Waals surface area contributed by atoms with Crippen molar-refractivity contribution in [1.82, 2.24) is 14.8 Å². The van der Waals surface area contributed by atoms with Crippen molar-refractivity contribution in [1.29, 1.82) is 0 Å². The summed E-state index contributed by atoms with van der Waals surface area (Å²) in [7, 11) is 2.22. The second-order valence-electron chi connectivity index (χ2n) is 5.91. The van der Waals surface area contributed by atoms with E-state index in [2.05, 4.69) is 53.1 Å². The van der Waals surface area contributed by atoms with Gasteiger partial charge in [0.2, 0.25) is 0 Å². The number of nitrogens with zero attached hydrogens (tertiary/aromatic N) is 3. The van der Waals surface area contributed by atoms with Crippen LogP contribution in [-0.4, -0.2) is 54.1 Å². The molecule has 2 heterocycles. The Bertz CT molecular complexity index is 390. The lowest BCUT2D eigenvalue weighted by molar-refractivity contribution is 0.194. The molecule has 1 saturated heterocycles. The van der Waals surface area contributed by atoms with Crippen LogP contribution in [0.5, 0.6) is 0 Å². The van der Waals surface area contributed by atoms with E-state index < -0.39 is 0 Å². The van der Waals surface area contributed by atoms with E-state index in [-0.39, 0.29) is 0 Å². The topological polar surface area (TPSA) is 31.4 Å². The van der Waals surface area contributed by atoms with Crippen molar-refractivity contribution in [3.63, 3.8) is 0 Å². The number of anilines is 1. The number of nitrogens with one attached hydrogen (secondary N) is 1. The van der Waals surface area contributed by atoms with Gasteiger partial charge in [0.25, 0.3) is 0 Å². The van der Waals surface area contributed by atoms with Gasteiger partial charge in [0.15, 0.2) is 0 Å². The molecule has 0 aromatic carbocycles. The van der Waals surface area contributed by atoms with Crippen molar-refractivity contribution < 1.29 is 0 Å². The Morgan fingerprint density at radius 2 is 2.20 bits per heavy atom. The molecule has 1 fully saturated rings. The quantitative estimate of drug-likeness (QED) is 0.895. The molecule has 1 atom stereocenters. The predicted molar refractivity (Wildman–Crippen MR) is 85.0 cm³/mol. The Morgan fingerprint density at radius 1 is 1.35 bits per heavy atom. The van der Waals surface area contributed by atoms with Gasteiger partial charge in [-0.05, 0) is 45.0 Å². The van der Waals surface area contributed by atoms with Gasteiger partial charge >= 0.3 is 0 Å². The third-order valence-electron chi connectivity index (χ3n) is 3.95. The summed E-state index contributed by atoms with van der Waals surface area (Å²) in [5.41, 5.74) is 1.31. The molecule has 20 heavy (non-hydrogen) atoms. The Morgan fingerprint density at radius 3 is 2.90 bits per heavy atom. The van der Waals surface area contributed by atoms with Crippen molar-refractivity contribution in [3.05, 3.63) is 23.9 Å². The molecule has 112 valence electrons. The number of hydrogen-bond acceptors (Lipinski definition) is 4. The summed E-state index contributed by atoms with van der Waals surface area (Å²) < 4.78 is 0. The van der Waals surface area contributed by atoms with Gasteiger partial charge in [0.05, 0.1) is 0 Å². The van der Waals surface area contributed by atoms with Crippen molar-refractivity contribution in [2.24, 2.45) is 0 Å². The largest absolute Gasteiger partial charge is 0.370 e. The molecule has 1 unspecified atom stereocenters. The van der Waals surface area contributed by atoms with E-state index in [1.807, 2.05) is 6.20 Å². The predicted octanol–water partition coefficient (Wildman–Crippen LogP) is 2.43. The first-order valence-corrected chi connectivity index (χ1v) is 7.80. The molecule has 0 radical (unpaired) electrons. The molecule has 2 rings (SSSR count). The fourth-order valence-corrected chi connectivity index (χ4v) is 2.77. The molecule has 1 aromatic rings. The minimum atomic E-state index is 0.611. The van der Waals surface area contributed by atoms with Crippen LogP contribution in [0.25, 0.3) is 0 Å². The van der Waals surface area contributed by atoms with Crippen LogP contribution in [0.2, 0.25) is 0 Å². The zero-order chi connectivity index (χ0) is 14.4. The molecule has 1 aliphatic rings. The molecule has 0 saturated carbocycles. The highest BCUT2D eigenvalue weighted by Crippen LogP contribution is 2.14. The second kappa shape index (κ2) is 7.60. The Balaban J connectivity index is 1.91. The second-order valence-corrected chi connectivity index (χ2v) is 5.91. The van der Waals surface area contributed by atoms with Gasteiger partial charge in [-0.3, -0.25) is 4.90 Å². The van der Waals surface area contributed by atoms with Crippen LogP contribution in [0.4, 0.5) is 5.82 Å². The van der Waals surface area contributed by atoms with Gasteiger partial charge in [-0.15, -0.1) is 0 Å². The van der Waals surface area contributed by atoms with Crippen LogP contribution in [0.1, 0.15) is 32.3 Å². The lowest BCUT2D eigenvalue weighted by Crippen LogP contribution is -2.37. The van der Waals surface area contributed by atoms with Crippen molar-refractivity contribution >= 4 is 5.82 Å². The van der Waals surface area contributed by atoms with E-state index in [9.17, 15) is 0 Å². The first kappa shape index (κ1) is 15.3. The Labute approximate surface area is 123 Å². The van der Waals surface area contributed by atoms with Crippen LogP contribution in [0.15, 0.2) is 18.3 Å². The SMILES string of the molecule is CCCNc1ccc(CN2CCCN(C)CC2C)cn1. The van der Waals surface area contributed by atoms with E-state index >= 15 is 0 Å². The van der Waals surface area contributed by atoms with Crippen LogP contribution in [-0.2, 0) is 6.54 Å². The molecule has 1 N–H and O–H groups in total. The molecular formula is C16H28N4. The average Bonchev–Trinajstić information content (AvgIpc) is 2.59. The number of pyridine rings is 1. The van der Waals surface area contributed by atoms with Crippen LogP contribution < -0.4 is 5.32 Å². The maximum atomic E-state index is 4.50. The summed E-state index contributed by atoms with van der Waals surface area (Å²) in [6.07, 6.45) is 4.39. The molecule has 4 nitrogen and oxygen atoms in total. The first-order valence-electron chi connectivity index (χ1n) is 7.80. The lowest BCUT2D eigenvalue weighted by atomic mass is 10.2. The Kier molecular flexibility index (Phi) is 5.80. The summed E-state index contributed by atoms with van der Waals surface area (Å²) in [5.74, 6) is 0.985. The fraction of sp³-hybridized carbons (Fsp3) is 0.688. The molecule has 1 aliphatic heterocycles. The summed E-state index contributed by atoms with van der Waals surface area (Å²) >= 11 is 0. The van der Waals surface area contributed by atoms with E-state index in [4.69, 9.17) is 0 Å². The minimum Gasteiger partial charge on any atom is -0.370 e. The summed E-state index contributed by atoms with van der Waals surface area (Å²) in [5, 5.41) is 3.32. The van der Waals surface area contributed by atoms with Crippen molar-refractivity contribution in [2.75, 3.05) is 38.5 Å². The molecule has 1 aromatic heterocycles. The fourth-order valence-electron chi connectivity index (χ4n) is 2.77. The van der Waals surface area contributed by atoms with Gasteiger partial charge in [0.1, 0.15) is 5.82 Å². The maximum absolute atomic E-state index is 4.50. The Hall–Kier alpha value is -1.13. The van der Waals surface area contributed by atoms with E-state index in [0.717, 1.165) is 31.9 Å². The third-order valence-corrected chi connectivity index (χ3v) is 3.95. The summed E-state index contributed by atoms with van der Waals surface area (Å²) in [6.45, 7) is 10.0. The van der Waals surface area contributed by atoms with E-state index in [1.165, 1.54) is 25.1 Å². The van der Waals surface area contributed by atoms with Gasteiger partial charge in [0, 0.05) is 38.4 Å². The van der Waals surface area contributed by atoms with Gasteiger partial charge in [-0.1, -0.05) is 13.0 Å². The van der Waals surface area contributed by atoms with Gasteiger partial charge < -0.3 is 10.2 Å². The maximum Gasteiger partial charge on any atom is 0.125 e. The molecular weight excluding hydrogens is 248 g/mol. The first-order chi connectivity index (χ1) is 9.69. The smallest absolute Gasteiger partial charge is 0.125 e.